The molecule has 0 aliphatic carbocycles. The van der Waals surface area contributed by atoms with Crippen molar-refractivity contribution in [3.05, 3.63) is 17.7 Å². The zero-order valence-corrected chi connectivity index (χ0v) is 11.4. The van der Waals surface area contributed by atoms with Gasteiger partial charge in [-0.25, -0.2) is 0 Å². The molecule has 0 fully saturated rings. The summed E-state index contributed by atoms with van der Waals surface area (Å²) in [6.45, 7) is 1.73. The molecule has 2 N–H and O–H groups in total. The predicted molar refractivity (Wildman–Crippen MR) is 73.8 cm³/mol. The average molecular weight is 250 g/mol. The molecule has 2 rings (SSSR count). The fourth-order valence-electron chi connectivity index (χ4n) is 2.80. The maximum Gasteiger partial charge on any atom is 0.142 e. The molecule has 0 aromatic heterocycles. The van der Waals surface area contributed by atoms with Gasteiger partial charge in [0.15, 0.2) is 0 Å². The van der Waals surface area contributed by atoms with Crippen LogP contribution in [0.4, 0.5) is 5.69 Å². The lowest BCUT2D eigenvalue weighted by Gasteiger charge is -2.35. The van der Waals surface area contributed by atoms with E-state index in [2.05, 4.69) is 11.9 Å². The van der Waals surface area contributed by atoms with Gasteiger partial charge in [0.2, 0.25) is 0 Å². The minimum Gasteiger partial charge on any atom is -0.496 e. The van der Waals surface area contributed by atoms with E-state index in [0.29, 0.717) is 12.5 Å². The zero-order chi connectivity index (χ0) is 13.1. The van der Waals surface area contributed by atoms with E-state index in [1.807, 2.05) is 12.1 Å². The Kier molecular flexibility index (Phi) is 3.97. The normalized spacial score (nSPS) is 18.4. The molecule has 0 amide bonds. The van der Waals surface area contributed by atoms with Gasteiger partial charge in [-0.15, -0.1) is 0 Å². The standard InChI is InChI=1S/C14H22N2O2/c1-16-9-7-10(6-8-15)13-11(17-2)4-5-12(18-3)14(13)16/h4-5,10H,6-9,15H2,1-3H3. The Morgan fingerprint density at radius 2 is 1.94 bits per heavy atom. The second-order valence-electron chi connectivity index (χ2n) is 4.72. The van der Waals surface area contributed by atoms with Gasteiger partial charge in [0.25, 0.3) is 0 Å². The van der Waals surface area contributed by atoms with E-state index in [9.17, 15) is 0 Å². The van der Waals surface area contributed by atoms with Crippen molar-refractivity contribution in [2.75, 3.05) is 39.3 Å². The topological polar surface area (TPSA) is 47.7 Å². The Morgan fingerprint density at radius 1 is 1.28 bits per heavy atom. The maximum absolute atomic E-state index is 5.73. The van der Waals surface area contributed by atoms with Gasteiger partial charge in [-0.1, -0.05) is 0 Å². The molecule has 18 heavy (non-hydrogen) atoms. The lowest BCUT2D eigenvalue weighted by molar-refractivity contribution is 0.387. The molecule has 100 valence electrons. The molecular weight excluding hydrogens is 228 g/mol. The van der Waals surface area contributed by atoms with Crippen molar-refractivity contribution in [2.24, 2.45) is 5.73 Å². The van der Waals surface area contributed by atoms with Gasteiger partial charge in [0, 0.05) is 19.2 Å². The summed E-state index contributed by atoms with van der Waals surface area (Å²) in [6.07, 6.45) is 2.11. The minimum absolute atomic E-state index is 0.464. The molecule has 0 bridgehead atoms. The molecule has 0 spiro atoms. The van der Waals surface area contributed by atoms with Crippen LogP contribution in [0.1, 0.15) is 24.3 Å². The number of nitrogens with zero attached hydrogens (tertiary/aromatic N) is 1. The van der Waals surface area contributed by atoms with E-state index >= 15 is 0 Å². The summed E-state index contributed by atoms with van der Waals surface area (Å²) in [5.74, 6) is 2.32. The molecule has 1 aromatic rings. The van der Waals surface area contributed by atoms with E-state index in [0.717, 1.165) is 36.6 Å². The Labute approximate surface area is 109 Å². The first-order valence-electron chi connectivity index (χ1n) is 6.39. The van der Waals surface area contributed by atoms with Gasteiger partial charge < -0.3 is 20.1 Å². The van der Waals surface area contributed by atoms with Crippen molar-refractivity contribution in [3.63, 3.8) is 0 Å². The SMILES string of the molecule is COc1ccc(OC)c2c1C(CCN)CCN2C. The van der Waals surface area contributed by atoms with Gasteiger partial charge in [-0.05, 0) is 37.4 Å². The third-order valence-electron chi connectivity index (χ3n) is 3.70. The van der Waals surface area contributed by atoms with Crippen LogP contribution < -0.4 is 20.1 Å². The van der Waals surface area contributed by atoms with Crippen LogP contribution in [0.25, 0.3) is 0 Å². The van der Waals surface area contributed by atoms with Crippen LogP contribution in [0.2, 0.25) is 0 Å². The summed E-state index contributed by atoms with van der Waals surface area (Å²) in [6, 6.07) is 3.96. The number of ether oxygens (including phenoxy) is 2. The first kappa shape index (κ1) is 13.0. The minimum atomic E-state index is 0.464. The van der Waals surface area contributed by atoms with Crippen LogP contribution in [0.3, 0.4) is 0 Å². The zero-order valence-electron chi connectivity index (χ0n) is 11.4. The molecule has 0 saturated heterocycles. The number of anilines is 1. The predicted octanol–water partition coefficient (Wildman–Crippen LogP) is 1.98. The number of methoxy groups -OCH3 is 2. The third-order valence-corrected chi connectivity index (χ3v) is 3.70. The molecule has 1 aliphatic rings. The van der Waals surface area contributed by atoms with Crippen molar-refractivity contribution in [3.8, 4) is 11.5 Å². The first-order chi connectivity index (χ1) is 8.72. The average Bonchev–Trinajstić information content (AvgIpc) is 2.40. The van der Waals surface area contributed by atoms with E-state index in [-0.39, 0.29) is 0 Å². The van der Waals surface area contributed by atoms with Crippen molar-refractivity contribution in [1.82, 2.24) is 0 Å². The fourth-order valence-corrected chi connectivity index (χ4v) is 2.80. The number of hydrogen-bond acceptors (Lipinski definition) is 4. The molecule has 0 saturated carbocycles. The summed E-state index contributed by atoms with van der Waals surface area (Å²) >= 11 is 0. The van der Waals surface area contributed by atoms with Gasteiger partial charge >= 0.3 is 0 Å². The van der Waals surface area contributed by atoms with Crippen LogP contribution in [-0.2, 0) is 0 Å². The molecule has 1 aliphatic heterocycles. The van der Waals surface area contributed by atoms with E-state index in [1.54, 1.807) is 14.2 Å². The summed E-state index contributed by atoms with van der Waals surface area (Å²) in [5.41, 5.74) is 8.13. The molecule has 1 aromatic carbocycles. The number of benzene rings is 1. The quantitative estimate of drug-likeness (QED) is 0.887. The molecule has 1 heterocycles. The van der Waals surface area contributed by atoms with Gasteiger partial charge in [0.1, 0.15) is 11.5 Å². The number of hydrogen-bond donors (Lipinski definition) is 1. The number of fused-ring (bicyclic) bond motifs is 1. The highest BCUT2D eigenvalue weighted by Crippen LogP contribution is 2.46. The lowest BCUT2D eigenvalue weighted by Crippen LogP contribution is -2.29. The van der Waals surface area contributed by atoms with Crippen molar-refractivity contribution < 1.29 is 9.47 Å². The highest BCUT2D eigenvalue weighted by Gasteiger charge is 2.29. The van der Waals surface area contributed by atoms with Gasteiger partial charge in [0.05, 0.1) is 19.9 Å². The van der Waals surface area contributed by atoms with Crippen LogP contribution in [0, 0.1) is 0 Å². The second kappa shape index (κ2) is 5.48. The monoisotopic (exact) mass is 250 g/mol. The summed E-state index contributed by atoms with van der Waals surface area (Å²) in [5, 5.41) is 0. The van der Waals surface area contributed by atoms with E-state index < -0.39 is 0 Å². The van der Waals surface area contributed by atoms with Crippen LogP contribution >= 0.6 is 0 Å². The highest BCUT2D eigenvalue weighted by molar-refractivity contribution is 5.70. The molecule has 1 atom stereocenters. The van der Waals surface area contributed by atoms with Crippen molar-refractivity contribution in [1.29, 1.82) is 0 Å². The number of rotatable bonds is 4. The van der Waals surface area contributed by atoms with Crippen molar-refractivity contribution >= 4 is 5.69 Å². The summed E-state index contributed by atoms with van der Waals surface area (Å²) in [7, 11) is 5.53. The molecular formula is C14H22N2O2. The van der Waals surface area contributed by atoms with E-state index in [4.69, 9.17) is 15.2 Å². The van der Waals surface area contributed by atoms with Gasteiger partial charge in [-0.3, -0.25) is 0 Å². The maximum atomic E-state index is 5.73. The molecule has 1 unspecified atom stereocenters. The smallest absolute Gasteiger partial charge is 0.142 e. The second-order valence-corrected chi connectivity index (χ2v) is 4.72. The lowest BCUT2D eigenvalue weighted by atomic mass is 9.86. The summed E-state index contributed by atoms with van der Waals surface area (Å²) in [4.78, 5) is 2.24. The highest BCUT2D eigenvalue weighted by atomic mass is 16.5. The van der Waals surface area contributed by atoms with E-state index in [1.165, 1.54) is 5.56 Å². The van der Waals surface area contributed by atoms with Gasteiger partial charge in [-0.2, -0.15) is 0 Å². The molecule has 0 radical (unpaired) electrons. The molecule has 4 nitrogen and oxygen atoms in total. The Hall–Kier alpha value is -1.42. The Bertz CT molecular complexity index is 421. The largest absolute Gasteiger partial charge is 0.496 e. The van der Waals surface area contributed by atoms with Crippen molar-refractivity contribution in [2.45, 2.75) is 18.8 Å². The third kappa shape index (κ3) is 2.12. The Morgan fingerprint density at radius 3 is 2.56 bits per heavy atom. The van der Waals surface area contributed by atoms with Crippen LogP contribution in [-0.4, -0.2) is 34.4 Å². The molecule has 4 heteroatoms. The first-order valence-corrected chi connectivity index (χ1v) is 6.39. The van der Waals surface area contributed by atoms with Crippen LogP contribution in [0.5, 0.6) is 11.5 Å². The summed E-state index contributed by atoms with van der Waals surface area (Å²) < 4.78 is 11.0. The Balaban J connectivity index is 2.55. The number of nitrogens with two attached hydrogens (primary N) is 1. The fraction of sp³-hybridized carbons (Fsp3) is 0.571. The van der Waals surface area contributed by atoms with Crippen LogP contribution in [0.15, 0.2) is 12.1 Å².